The van der Waals surface area contributed by atoms with E-state index >= 15 is 0 Å². The summed E-state index contributed by atoms with van der Waals surface area (Å²) in [6.07, 6.45) is 0.999. The monoisotopic (exact) mass is 390 g/mol. The molecule has 4 rings (SSSR count). The molecule has 0 aliphatic carbocycles. The predicted octanol–water partition coefficient (Wildman–Crippen LogP) is 3.61. The number of hydrogen-bond donors (Lipinski definition) is 0. The molecule has 1 aliphatic heterocycles. The Kier molecular flexibility index (Phi) is 5.90. The van der Waals surface area contributed by atoms with E-state index < -0.39 is 0 Å². The number of rotatable bonds is 6. The number of hydrogen-bond acceptors (Lipinski definition) is 5. The quantitative estimate of drug-likeness (QED) is 0.643. The number of benzene rings is 2. The molecular weight excluding hydrogens is 360 g/mol. The van der Waals surface area contributed by atoms with E-state index in [0.717, 1.165) is 38.4 Å². The zero-order valence-electron chi connectivity index (χ0n) is 17.6. The van der Waals surface area contributed by atoms with Gasteiger partial charge >= 0.3 is 0 Å². The molecule has 2 heterocycles. The van der Waals surface area contributed by atoms with Crippen LogP contribution in [0.1, 0.15) is 41.9 Å². The van der Waals surface area contributed by atoms with Crippen molar-refractivity contribution in [1.82, 2.24) is 25.1 Å². The summed E-state index contributed by atoms with van der Waals surface area (Å²) in [6, 6.07) is 17.2. The maximum atomic E-state index is 4.41. The molecule has 6 nitrogen and oxygen atoms in total. The summed E-state index contributed by atoms with van der Waals surface area (Å²) in [7, 11) is 0. The first-order chi connectivity index (χ1) is 14.2. The fourth-order valence-corrected chi connectivity index (χ4v) is 4.28. The highest BCUT2D eigenvalue weighted by atomic mass is 15.6. The molecule has 3 aromatic rings. The molecule has 2 aromatic carbocycles. The molecule has 1 atom stereocenters. The van der Waals surface area contributed by atoms with Crippen LogP contribution in [0.5, 0.6) is 0 Å². The number of nitrogens with zero attached hydrogens (tertiary/aromatic N) is 6. The lowest BCUT2D eigenvalue weighted by Gasteiger charge is -2.40. The zero-order valence-corrected chi connectivity index (χ0v) is 17.6. The Morgan fingerprint density at radius 2 is 1.69 bits per heavy atom. The predicted molar refractivity (Wildman–Crippen MR) is 116 cm³/mol. The van der Waals surface area contributed by atoms with Gasteiger partial charge in [0, 0.05) is 31.9 Å². The van der Waals surface area contributed by atoms with Crippen LogP contribution < -0.4 is 4.90 Å². The topological polar surface area (TPSA) is 50.1 Å². The molecule has 1 aliphatic rings. The van der Waals surface area contributed by atoms with Crippen molar-refractivity contribution >= 4 is 5.69 Å². The Morgan fingerprint density at radius 1 is 0.931 bits per heavy atom. The van der Waals surface area contributed by atoms with E-state index in [0.29, 0.717) is 6.54 Å². The Labute approximate surface area is 173 Å². The summed E-state index contributed by atoms with van der Waals surface area (Å²) >= 11 is 0. The summed E-state index contributed by atoms with van der Waals surface area (Å²) in [5.74, 6) is 0.969. The Morgan fingerprint density at radius 3 is 2.41 bits per heavy atom. The van der Waals surface area contributed by atoms with Crippen LogP contribution in [0.2, 0.25) is 0 Å². The van der Waals surface area contributed by atoms with E-state index in [2.05, 4.69) is 88.6 Å². The number of aryl methyl sites for hydroxylation is 1. The second-order valence-corrected chi connectivity index (χ2v) is 7.85. The van der Waals surface area contributed by atoms with E-state index in [9.17, 15) is 0 Å². The van der Waals surface area contributed by atoms with Crippen LogP contribution in [0.15, 0.2) is 48.5 Å². The van der Waals surface area contributed by atoms with Crippen LogP contribution in [0, 0.1) is 13.8 Å². The maximum absolute atomic E-state index is 4.41. The van der Waals surface area contributed by atoms with Gasteiger partial charge in [-0.1, -0.05) is 49.4 Å². The fraction of sp³-hybridized carbons (Fsp3) is 0.435. The Bertz CT molecular complexity index is 928. The van der Waals surface area contributed by atoms with E-state index in [1.807, 2.05) is 10.7 Å². The highest BCUT2D eigenvalue weighted by Gasteiger charge is 2.28. The van der Waals surface area contributed by atoms with Crippen LogP contribution in [-0.2, 0) is 6.54 Å². The molecule has 152 valence electrons. The third-order valence-electron chi connectivity index (χ3n) is 6.09. The minimum atomic E-state index is 0.245. The van der Waals surface area contributed by atoms with Crippen LogP contribution in [0.25, 0.3) is 0 Å². The molecule has 0 amide bonds. The second kappa shape index (κ2) is 8.74. The van der Waals surface area contributed by atoms with Crippen LogP contribution in [0.3, 0.4) is 0 Å². The first kappa shape index (κ1) is 19.6. The first-order valence-electron chi connectivity index (χ1n) is 10.5. The molecule has 1 saturated heterocycles. The van der Waals surface area contributed by atoms with Crippen LogP contribution in [-0.4, -0.2) is 51.3 Å². The highest BCUT2D eigenvalue weighted by molar-refractivity contribution is 5.56. The van der Waals surface area contributed by atoms with Gasteiger partial charge in [0.15, 0.2) is 5.82 Å². The van der Waals surface area contributed by atoms with Crippen molar-refractivity contribution in [1.29, 1.82) is 0 Å². The summed E-state index contributed by atoms with van der Waals surface area (Å²) < 4.78 is 1.96. The average molecular weight is 391 g/mol. The number of anilines is 1. The molecule has 0 N–H and O–H groups in total. The summed E-state index contributed by atoms with van der Waals surface area (Å²) in [5, 5.41) is 12.7. The average Bonchev–Trinajstić information content (AvgIpc) is 3.20. The van der Waals surface area contributed by atoms with Crippen molar-refractivity contribution in [2.45, 2.75) is 39.8 Å². The molecule has 0 radical (unpaired) electrons. The van der Waals surface area contributed by atoms with E-state index in [-0.39, 0.29) is 6.04 Å². The van der Waals surface area contributed by atoms with Crippen molar-refractivity contribution in [2.24, 2.45) is 0 Å². The SMILES string of the molecule is CC[C@H](c1nnnn1Cc1ccccc1)N1CCN(c2cccc(C)c2C)CC1. The first-order valence-corrected chi connectivity index (χ1v) is 10.5. The van der Waals surface area contributed by atoms with Crippen molar-refractivity contribution < 1.29 is 0 Å². The van der Waals surface area contributed by atoms with Gasteiger partial charge in [-0.15, -0.1) is 5.10 Å². The summed E-state index contributed by atoms with van der Waals surface area (Å²) in [4.78, 5) is 5.05. The Hall–Kier alpha value is -2.73. The zero-order chi connectivity index (χ0) is 20.2. The van der Waals surface area contributed by atoms with Gasteiger partial charge in [-0.05, 0) is 53.5 Å². The molecule has 29 heavy (non-hydrogen) atoms. The van der Waals surface area contributed by atoms with Crippen molar-refractivity contribution in [3.8, 4) is 0 Å². The summed E-state index contributed by atoms with van der Waals surface area (Å²) in [6.45, 7) is 11.4. The molecule has 6 heteroatoms. The standard InChI is InChI=1S/C23H30N6/c1-4-21(23-24-25-26-29(23)17-20-10-6-5-7-11-20)27-13-15-28(16-14-27)22-12-8-9-18(2)19(22)3/h5-12,21H,4,13-17H2,1-3H3/t21-/m1/s1. The molecule has 0 unspecified atom stereocenters. The Balaban J connectivity index is 1.46. The molecule has 0 saturated carbocycles. The number of tetrazole rings is 1. The maximum Gasteiger partial charge on any atom is 0.168 e. The normalized spacial score (nSPS) is 16.2. The second-order valence-electron chi connectivity index (χ2n) is 7.85. The van der Waals surface area contributed by atoms with Gasteiger partial charge in [0.25, 0.3) is 0 Å². The largest absolute Gasteiger partial charge is 0.369 e. The third kappa shape index (κ3) is 4.17. The summed E-state index contributed by atoms with van der Waals surface area (Å²) in [5.41, 5.74) is 5.33. The molecule has 1 aromatic heterocycles. The van der Waals surface area contributed by atoms with E-state index in [1.54, 1.807) is 0 Å². The third-order valence-corrected chi connectivity index (χ3v) is 6.09. The van der Waals surface area contributed by atoms with Gasteiger partial charge in [0.05, 0.1) is 12.6 Å². The van der Waals surface area contributed by atoms with Gasteiger partial charge in [-0.2, -0.15) is 0 Å². The highest BCUT2D eigenvalue weighted by Crippen LogP contribution is 2.28. The minimum Gasteiger partial charge on any atom is -0.369 e. The van der Waals surface area contributed by atoms with E-state index in [1.165, 1.54) is 22.4 Å². The molecule has 0 bridgehead atoms. The lowest BCUT2D eigenvalue weighted by atomic mass is 10.1. The van der Waals surface area contributed by atoms with Crippen molar-refractivity contribution in [3.63, 3.8) is 0 Å². The van der Waals surface area contributed by atoms with Gasteiger partial charge in [-0.25, -0.2) is 4.68 Å². The van der Waals surface area contributed by atoms with Gasteiger partial charge in [-0.3, -0.25) is 4.90 Å². The van der Waals surface area contributed by atoms with Crippen molar-refractivity contribution in [2.75, 3.05) is 31.1 Å². The number of aromatic nitrogens is 4. The smallest absolute Gasteiger partial charge is 0.168 e. The lowest BCUT2D eigenvalue weighted by molar-refractivity contribution is 0.169. The van der Waals surface area contributed by atoms with Gasteiger partial charge in [0.1, 0.15) is 0 Å². The molecule has 0 spiro atoms. The van der Waals surface area contributed by atoms with Crippen LogP contribution >= 0.6 is 0 Å². The molecule has 1 fully saturated rings. The minimum absolute atomic E-state index is 0.245. The fourth-order valence-electron chi connectivity index (χ4n) is 4.28. The van der Waals surface area contributed by atoms with Crippen LogP contribution in [0.4, 0.5) is 5.69 Å². The lowest BCUT2D eigenvalue weighted by Crippen LogP contribution is -2.48. The number of piperazine rings is 1. The van der Waals surface area contributed by atoms with Crippen molar-refractivity contribution in [3.05, 3.63) is 71.0 Å². The van der Waals surface area contributed by atoms with Gasteiger partial charge < -0.3 is 4.90 Å². The van der Waals surface area contributed by atoms with E-state index in [4.69, 9.17) is 0 Å². The van der Waals surface area contributed by atoms with Gasteiger partial charge in [0.2, 0.25) is 0 Å². The molecular formula is C23H30N6.